The summed E-state index contributed by atoms with van der Waals surface area (Å²) < 4.78 is 2.73. The summed E-state index contributed by atoms with van der Waals surface area (Å²) in [4.78, 5) is 16.4. The number of nitrogens with zero attached hydrogens (tertiary/aromatic N) is 3. The maximum Gasteiger partial charge on any atom is 0.258 e. The van der Waals surface area contributed by atoms with Gasteiger partial charge in [0.25, 0.3) is 5.91 Å². The van der Waals surface area contributed by atoms with Crippen LogP contribution in [0.15, 0.2) is 53.3 Å². The van der Waals surface area contributed by atoms with Crippen LogP contribution in [0.25, 0.3) is 5.69 Å². The monoisotopic (exact) mass is 370 g/mol. The zero-order chi connectivity index (χ0) is 16.4. The molecule has 0 aliphatic rings. The first-order valence-corrected chi connectivity index (χ1v) is 7.89. The van der Waals surface area contributed by atoms with E-state index in [1.54, 1.807) is 23.0 Å². The molecule has 0 bridgehead atoms. The Labute approximate surface area is 142 Å². The number of hydrogen-bond acceptors (Lipinski definition) is 3. The lowest BCUT2D eigenvalue weighted by Gasteiger charge is -2.10. The summed E-state index contributed by atoms with van der Waals surface area (Å²) in [5, 5.41) is 7.47. The zero-order valence-electron chi connectivity index (χ0n) is 12.7. The number of hydrogen-bond donors (Lipinski definition) is 1. The molecule has 0 radical (unpaired) electrons. The SMILES string of the molecule is Cc1nn(-c2ccc(Br)cc2)c(NC(=O)c2cccnc2)c1C. The van der Waals surface area contributed by atoms with Gasteiger partial charge in [-0.15, -0.1) is 0 Å². The Balaban J connectivity index is 1.99. The minimum atomic E-state index is -0.209. The second-order valence-corrected chi connectivity index (χ2v) is 6.06. The van der Waals surface area contributed by atoms with Crippen molar-refractivity contribution in [3.8, 4) is 5.69 Å². The summed E-state index contributed by atoms with van der Waals surface area (Å²) in [6.07, 6.45) is 3.18. The van der Waals surface area contributed by atoms with Gasteiger partial charge >= 0.3 is 0 Å². The molecule has 116 valence electrons. The number of aryl methyl sites for hydroxylation is 1. The summed E-state index contributed by atoms with van der Waals surface area (Å²) in [6, 6.07) is 11.2. The van der Waals surface area contributed by atoms with Crippen LogP contribution in [-0.2, 0) is 0 Å². The predicted octanol–water partition coefficient (Wildman–Crippen LogP) is 3.90. The van der Waals surface area contributed by atoms with Crippen LogP contribution in [0.5, 0.6) is 0 Å². The minimum Gasteiger partial charge on any atom is -0.306 e. The Bertz CT molecular complexity index is 841. The van der Waals surface area contributed by atoms with Crippen LogP contribution in [-0.4, -0.2) is 20.7 Å². The molecule has 23 heavy (non-hydrogen) atoms. The van der Waals surface area contributed by atoms with Crippen LogP contribution in [0, 0.1) is 13.8 Å². The third-order valence-electron chi connectivity index (χ3n) is 3.59. The van der Waals surface area contributed by atoms with E-state index in [0.29, 0.717) is 11.4 Å². The Morgan fingerprint density at radius 3 is 2.57 bits per heavy atom. The van der Waals surface area contributed by atoms with Gasteiger partial charge in [-0.25, -0.2) is 4.68 Å². The minimum absolute atomic E-state index is 0.209. The fraction of sp³-hybridized carbons (Fsp3) is 0.118. The molecule has 1 aromatic carbocycles. The summed E-state index contributed by atoms with van der Waals surface area (Å²) in [6.45, 7) is 3.86. The van der Waals surface area contributed by atoms with Gasteiger partial charge in [-0.3, -0.25) is 9.78 Å². The van der Waals surface area contributed by atoms with Gasteiger partial charge in [-0.2, -0.15) is 5.10 Å². The third-order valence-corrected chi connectivity index (χ3v) is 4.12. The third kappa shape index (κ3) is 3.17. The van der Waals surface area contributed by atoms with E-state index in [9.17, 15) is 4.79 Å². The molecule has 3 aromatic rings. The summed E-state index contributed by atoms with van der Waals surface area (Å²) in [5.41, 5.74) is 3.19. The Hall–Kier alpha value is -2.47. The van der Waals surface area contributed by atoms with Crippen molar-refractivity contribution in [2.45, 2.75) is 13.8 Å². The smallest absolute Gasteiger partial charge is 0.258 e. The zero-order valence-corrected chi connectivity index (χ0v) is 14.3. The van der Waals surface area contributed by atoms with Gasteiger partial charge < -0.3 is 5.32 Å². The average molecular weight is 371 g/mol. The molecule has 0 saturated heterocycles. The highest BCUT2D eigenvalue weighted by Crippen LogP contribution is 2.24. The van der Waals surface area contributed by atoms with Gasteiger partial charge in [0.15, 0.2) is 0 Å². The second kappa shape index (κ2) is 6.34. The predicted molar refractivity (Wildman–Crippen MR) is 92.9 cm³/mol. The van der Waals surface area contributed by atoms with Gasteiger partial charge in [0.1, 0.15) is 5.82 Å². The van der Waals surface area contributed by atoms with Crippen LogP contribution < -0.4 is 5.32 Å². The molecule has 2 heterocycles. The lowest BCUT2D eigenvalue weighted by atomic mass is 10.2. The number of anilines is 1. The lowest BCUT2D eigenvalue weighted by molar-refractivity contribution is 0.102. The fourth-order valence-corrected chi connectivity index (χ4v) is 2.46. The molecule has 2 aromatic heterocycles. The van der Waals surface area contributed by atoms with Crippen molar-refractivity contribution < 1.29 is 4.79 Å². The number of carbonyl (C=O) groups is 1. The number of amides is 1. The van der Waals surface area contributed by atoms with Gasteiger partial charge in [-0.05, 0) is 50.2 Å². The van der Waals surface area contributed by atoms with Crippen molar-refractivity contribution in [2.75, 3.05) is 5.32 Å². The molecule has 0 fully saturated rings. The summed E-state index contributed by atoms with van der Waals surface area (Å²) in [7, 11) is 0. The molecular formula is C17H15BrN4O. The number of carbonyl (C=O) groups excluding carboxylic acids is 1. The highest BCUT2D eigenvalue weighted by atomic mass is 79.9. The Kier molecular flexibility index (Phi) is 4.25. The van der Waals surface area contributed by atoms with E-state index < -0.39 is 0 Å². The van der Waals surface area contributed by atoms with E-state index in [4.69, 9.17) is 0 Å². The van der Waals surface area contributed by atoms with E-state index in [2.05, 4.69) is 31.3 Å². The number of rotatable bonds is 3. The van der Waals surface area contributed by atoms with Crippen molar-refractivity contribution >= 4 is 27.7 Å². The molecule has 5 nitrogen and oxygen atoms in total. The van der Waals surface area contributed by atoms with Crippen molar-refractivity contribution in [3.63, 3.8) is 0 Å². The molecule has 0 aliphatic heterocycles. The Morgan fingerprint density at radius 1 is 1.17 bits per heavy atom. The Morgan fingerprint density at radius 2 is 1.91 bits per heavy atom. The van der Waals surface area contributed by atoms with Crippen LogP contribution in [0.1, 0.15) is 21.6 Å². The summed E-state index contributed by atoms with van der Waals surface area (Å²) >= 11 is 3.42. The van der Waals surface area contributed by atoms with Crippen molar-refractivity contribution in [1.82, 2.24) is 14.8 Å². The van der Waals surface area contributed by atoms with Crippen molar-refractivity contribution in [1.29, 1.82) is 0 Å². The maximum atomic E-state index is 12.4. The van der Waals surface area contributed by atoms with E-state index in [-0.39, 0.29) is 5.91 Å². The van der Waals surface area contributed by atoms with Crippen LogP contribution in [0.3, 0.4) is 0 Å². The van der Waals surface area contributed by atoms with Crippen LogP contribution >= 0.6 is 15.9 Å². The molecule has 0 spiro atoms. The maximum absolute atomic E-state index is 12.4. The topological polar surface area (TPSA) is 59.8 Å². The van der Waals surface area contributed by atoms with Crippen molar-refractivity contribution in [2.24, 2.45) is 0 Å². The van der Waals surface area contributed by atoms with E-state index in [1.165, 1.54) is 6.20 Å². The fourth-order valence-electron chi connectivity index (χ4n) is 2.20. The van der Waals surface area contributed by atoms with E-state index in [0.717, 1.165) is 21.4 Å². The first kappa shape index (κ1) is 15.4. The normalized spacial score (nSPS) is 10.6. The average Bonchev–Trinajstić information content (AvgIpc) is 2.85. The van der Waals surface area contributed by atoms with Gasteiger partial charge in [0.2, 0.25) is 0 Å². The van der Waals surface area contributed by atoms with E-state index >= 15 is 0 Å². The highest BCUT2D eigenvalue weighted by Gasteiger charge is 2.16. The molecule has 1 N–H and O–H groups in total. The first-order chi connectivity index (χ1) is 11.1. The largest absolute Gasteiger partial charge is 0.306 e. The van der Waals surface area contributed by atoms with Crippen LogP contribution in [0.2, 0.25) is 0 Å². The molecule has 0 atom stereocenters. The molecule has 0 unspecified atom stereocenters. The number of halogens is 1. The molecular weight excluding hydrogens is 356 g/mol. The van der Waals surface area contributed by atoms with Gasteiger partial charge in [0.05, 0.1) is 16.9 Å². The molecule has 1 amide bonds. The lowest BCUT2D eigenvalue weighted by Crippen LogP contribution is -2.16. The molecule has 0 aliphatic carbocycles. The number of benzene rings is 1. The quantitative estimate of drug-likeness (QED) is 0.760. The number of pyridine rings is 1. The number of nitrogens with one attached hydrogen (secondary N) is 1. The molecule has 6 heteroatoms. The standard InChI is InChI=1S/C17H15BrN4O/c1-11-12(2)21-22(15-7-5-14(18)6-8-15)16(11)20-17(23)13-4-3-9-19-10-13/h3-10H,1-2H3,(H,20,23). The van der Waals surface area contributed by atoms with Gasteiger partial charge in [0, 0.05) is 22.4 Å². The van der Waals surface area contributed by atoms with Crippen LogP contribution in [0.4, 0.5) is 5.82 Å². The number of aromatic nitrogens is 3. The highest BCUT2D eigenvalue weighted by molar-refractivity contribution is 9.10. The second-order valence-electron chi connectivity index (χ2n) is 5.14. The van der Waals surface area contributed by atoms with E-state index in [1.807, 2.05) is 38.1 Å². The first-order valence-electron chi connectivity index (χ1n) is 7.10. The van der Waals surface area contributed by atoms with Crippen molar-refractivity contribution in [3.05, 3.63) is 70.1 Å². The molecule has 3 rings (SSSR count). The van der Waals surface area contributed by atoms with Gasteiger partial charge in [-0.1, -0.05) is 15.9 Å². The molecule has 0 saturated carbocycles. The summed E-state index contributed by atoms with van der Waals surface area (Å²) in [5.74, 6) is 0.457.